The number of aliphatic hydroxyl groups excluding tert-OH is 1. The Bertz CT molecular complexity index is 714. The minimum Gasteiger partial charge on any atom is -0.502 e. The van der Waals surface area contributed by atoms with Crippen molar-refractivity contribution in [3.05, 3.63) is 71.1 Å². The molecule has 1 aromatic carbocycles. The van der Waals surface area contributed by atoms with Gasteiger partial charge in [0.15, 0.2) is 5.78 Å². The van der Waals surface area contributed by atoms with Crippen molar-refractivity contribution in [2.75, 3.05) is 0 Å². The lowest BCUT2D eigenvalue weighted by Gasteiger charge is -1.99. The zero-order valence-electron chi connectivity index (χ0n) is 10.7. The van der Waals surface area contributed by atoms with Gasteiger partial charge in [-0.15, -0.1) is 0 Å². The Balaban J connectivity index is 2.15. The van der Waals surface area contributed by atoms with Crippen molar-refractivity contribution < 1.29 is 28.6 Å². The number of carbonyl (C=O) groups is 2. The third kappa shape index (κ3) is 3.56. The van der Waals surface area contributed by atoms with Crippen molar-refractivity contribution in [2.45, 2.75) is 6.42 Å². The van der Waals surface area contributed by atoms with Gasteiger partial charge in [-0.1, -0.05) is 18.2 Å². The Morgan fingerprint density at radius 1 is 1.24 bits per heavy atom. The third-order valence-corrected chi connectivity index (χ3v) is 2.75. The van der Waals surface area contributed by atoms with Gasteiger partial charge in [-0.2, -0.15) is 0 Å². The molecule has 0 radical (unpaired) electrons. The van der Waals surface area contributed by atoms with Gasteiger partial charge in [0, 0.05) is 12.5 Å². The van der Waals surface area contributed by atoms with E-state index in [0.29, 0.717) is 17.4 Å². The largest absolute Gasteiger partial charge is 0.502 e. The maximum Gasteiger partial charge on any atom is 0.371 e. The standard InChI is InChI=1S/C15H11FO5/c16-12-4-2-1-3-9(12)5-11-6-10(8-21-11)13(17)7-14(18)15(19)20/h1-4,6-8,18H,5H2,(H,19,20). The first-order chi connectivity index (χ1) is 9.97. The highest BCUT2D eigenvalue weighted by molar-refractivity contribution is 6.07. The van der Waals surface area contributed by atoms with E-state index in [0.717, 1.165) is 6.26 Å². The quantitative estimate of drug-likeness (QED) is 0.502. The number of benzene rings is 1. The van der Waals surface area contributed by atoms with Crippen molar-refractivity contribution in [2.24, 2.45) is 0 Å². The minimum atomic E-state index is -1.60. The molecule has 0 spiro atoms. The molecule has 1 aromatic heterocycles. The highest BCUT2D eigenvalue weighted by Gasteiger charge is 2.13. The summed E-state index contributed by atoms with van der Waals surface area (Å²) >= 11 is 0. The maximum absolute atomic E-state index is 13.5. The number of hydrogen-bond acceptors (Lipinski definition) is 4. The number of aliphatic carboxylic acids is 1. The molecular formula is C15H11FO5. The second-order valence-electron chi connectivity index (χ2n) is 4.27. The molecule has 0 saturated heterocycles. The van der Waals surface area contributed by atoms with Crippen molar-refractivity contribution >= 4 is 11.8 Å². The lowest BCUT2D eigenvalue weighted by molar-refractivity contribution is -0.135. The second-order valence-corrected chi connectivity index (χ2v) is 4.27. The predicted molar refractivity (Wildman–Crippen MR) is 70.6 cm³/mol. The molecule has 5 nitrogen and oxygen atoms in total. The zero-order valence-corrected chi connectivity index (χ0v) is 10.7. The second kappa shape index (κ2) is 6.04. The number of carbonyl (C=O) groups excluding carboxylic acids is 1. The molecule has 2 aromatic rings. The van der Waals surface area contributed by atoms with Crippen molar-refractivity contribution in [1.29, 1.82) is 0 Å². The normalized spacial score (nSPS) is 11.4. The predicted octanol–water partition coefficient (Wildman–Crippen LogP) is 2.72. The van der Waals surface area contributed by atoms with Crippen LogP contribution < -0.4 is 0 Å². The first kappa shape index (κ1) is 14.5. The molecule has 0 atom stereocenters. The summed E-state index contributed by atoms with van der Waals surface area (Å²) in [5.74, 6) is -3.40. The van der Waals surface area contributed by atoms with E-state index >= 15 is 0 Å². The molecule has 0 aliphatic heterocycles. The fourth-order valence-corrected chi connectivity index (χ4v) is 1.70. The van der Waals surface area contributed by atoms with Gasteiger partial charge in [0.1, 0.15) is 17.8 Å². The van der Waals surface area contributed by atoms with Crippen LogP contribution in [0.5, 0.6) is 0 Å². The third-order valence-electron chi connectivity index (χ3n) is 2.75. The fraction of sp³-hybridized carbons (Fsp3) is 0.0667. The summed E-state index contributed by atoms with van der Waals surface area (Å²) < 4.78 is 18.6. The van der Waals surface area contributed by atoms with Gasteiger partial charge in [0.2, 0.25) is 5.76 Å². The molecule has 0 unspecified atom stereocenters. The monoisotopic (exact) mass is 290 g/mol. The van der Waals surface area contributed by atoms with Crippen LogP contribution in [0.4, 0.5) is 4.39 Å². The van der Waals surface area contributed by atoms with Gasteiger partial charge in [-0.25, -0.2) is 9.18 Å². The van der Waals surface area contributed by atoms with Crippen LogP contribution in [-0.2, 0) is 11.2 Å². The highest BCUT2D eigenvalue weighted by atomic mass is 19.1. The summed E-state index contributed by atoms with van der Waals surface area (Å²) in [5.41, 5.74) is 0.490. The molecule has 0 aliphatic carbocycles. The number of ketones is 1. The number of allylic oxidation sites excluding steroid dienone is 1. The van der Waals surface area contributed by atoms with Crippen LogP contribution >= 0.6 is 0 Å². The van der Waals surface area contributed by atoms with Gasteiger partial charge in [-0.3, -0.25) is 4.79 Å². The van der Waals surface area contributed by atoms with Crippen LogP contribution in [0.25, 0.3) is 0 Å². The summed E-state index contributed by atoms with van der Waals surface area (Å²) in [7, 11) is 0. The summed E-state index contributed by atoms with van der Waals surface area (Å²) in [6.45, 7) is 0. The fourth-order valence-electron chi connectivity index (χ4n) is 1.70. The number of halogens is 1. The topological polar surface area (TPSA) is 87.7 Å². The van der Waals surface area contributed by atoms with Crippen LogP contribution in [0.1, 0.15) is 21.7 Å². The van der Waals surface area contributed by atoms with Crippen molar-refractivity contribution in [1.82, 2.24) is 0 Å². The summed E-state index contributed by atoms with van der Waals surface area (Å²) in [4.78, 5) is 22.1. The maximum atomic E-state index is 13.5. The van der Waals surface area contributed by atoms with E-state index in [9.17, 15) is 14.0 Å². The molecule has 108 valence electrons. The Kier molecular flexibility index (Phi) is 4.18. The molecule has 1 heterocycles. The van der Waals surface area contributed by atoms with Crippen LogP contribution in [0.15, 0.2) is 52.8 Å². The smallest absolute Gasteiger partial charge is 0.371 e. The molecule has 21 heavy (non-hydrogen) atoms. The van der Waals surface area contributed by atoms with E-state index in [-0.39, 0.29) is 17.8 Å². The summed E-state index contributed by atoms with van der Waals surface area (Å²) in [6.07, 6.45) is 1.87. The lowest BCUT2D eigenvalue weighted by atomic mass is 10.1. The van der Waals surface area contributed by atoms with Crippen molar-refractivity contribution in [3.8, 4) is 0 Å². The van der Waals surface area contributed by atoms with E-state index in [1.807, 2.05) is 0 Å². The van der Waals surface area contributed by atoms with E-state index in [1.54, 1.807) is 18.2 Å². The molecule has 6 heteroatoms. The number of carboxylic acids is 1. The minimum absolute atomic E-state index is 0.0779. The average Bonchev–Trinajstić information content (AvgIpc) is 2.90. The Labute approximate surface area is 118 Å². The molecule has 0 fully saturated rings. The molecular weight excluding hydrogens is 279 g/mol. The van der Waals surface area contributed by atoms with Crippen LogP contribution in [0, 0.1) is 5.82 Å². The van der Waals surface area contributed by atoms with E-state index in [2.05, 4.69) is 0 Å². The number of rotatable bonds is 5. The molecule has 2 rings (SSSR count). The highest BCUT2D eigenvalue weighted by Crippen LogP contribution is 2.16. The van der Waals surface area contributed by atoms with E-state index in [1.165, 1.54) is 12.1 Å². The van der Waals surface area contributed by atoms with Gasteiger partial charge < -0.3 is 14.6 Å². The Hall–Kier alpha value is -2.89. The average molecular weight is 290 g/mol. The first-order valence-corrected chi connectivity index (χ1v) is 5.96. The zero-order chi connectivity index (χ0) is 15.4. The number of aliphatic hydroxyl groups is 1. The number of hydrogen-bond donors (Lipinski definition) is 2. The molecule has 0 amide bonds. The summed E-state index contributed by atoms with van der Waals surface area (Å²) in [5, 5.41) is 17.5. The number of carboxylic acid groups (broad SMARTS) is 1. The number of furan rings is 1. The first-order valence-electron chi connectivity index (χ1n) is 5.96. The Morgan fingerprint density at radius 2 is 1.95 bits per heavy atom. The van der Waals surface area contributed by atoms with Gasteiger partial charge >= 0.3 is 5.97 Å². The van der Waals surface area contributed by atoms with Gasteiger partial charge in [0.05, 0.1) is 5.56 Å². The van der Waals surface area contributed by atoms with Crippen LogP contribution in [-0.4, -0.2) is 22.0 Å². The van der Waals surface area contributed by atoms with Crippen LogP contribution in [0.2, 0.25) is 0 Å². The van der Waals surface area contributed by atoms with E-state index < -0.39 is 17.5 Å². The SMILES string of the molecule is O=C(O)C(O)=CC(=O)c1coc(Cc2ccccc2F)c1. The van der Waals surface area contributed by atoms with Gasteiger partial charge in [-0.05, 0) is 17.7 Å². The molecule has 0 bridgehead atoms. The molecule has 0 saturated carbocycles. The van der Waals surface area contributed by atoms with Crippen LogP contribution in [0.3, 0.4) is 0 Å². The summed E-state index contributed by atoms with van der Waals surface area (Å²) in [6, 6.07) is 7.53. The van der Waals surface area contributed by atoms with Gasteiger partial charge in [0.25, 0.3) is 0 Å². The van der Waals surface area contributed by atoms with E-state index in [4.69, 9.17) is 14.6 Å². The molecule has 2 N–H and O–H groups in total. The Morgan fingerprint density at radius 3 is 2.62 bits per heavy atom. The van der Waals surface area contributed by atoms with Crippen molar-refractivity contribution in [3.63, 3.8) is 0 Å². The lowest BCUT2D eigenvalue weighted by Crippen LogP contribution is -2.03. The molecule has 0 aliphatic rings.